The minimum Gasteiger partial charge on any atom is -0.398 e. The van der Waals surface area contributed by atoms with Gasteiger partial charge in [-0.05, 0) is 52.2 Å². The molecule has 5 rings (SSSR count). The van der Waals surface area contributed by atoms with E-state index in [2.05, 4.69) is 5.32 Å². The number of rotatable bonds is 7. The molecule has 41 heavy (non-hydrogen) atoms. The lowest BCUT2D eigenvalue weighted by Crippen LogP contribution is -2.52. The van der Waals surface area contributed by atoms with Crippen molar-refractivity contribution in [3.8, 4) is 0 Å². The van der Waals surface area contributed by atoms with Gasteiger partial charge in [0.15, 0.2) is 9.84 Å². The Morgan fingerprint density at radius 1 is 0.902 bits per heavy atom. The first kappa shape index (κ1) is 28.1. The lowest BCUT2D eigenvalue weighted by Gasteiger charge is -2.38. The molecule has 0 spiro atoms. The molecule has 1 atom stereocenters. The molecule has 212 valence electrons. The summed E-state index contributed by atoms with van der Waals surface area (Å²) in [4.78, 5) is 30.4. The van der Waals surface area contributed by atoms with Gasteiger partial charge >= 0.3 is 0 Å². The van der Waals surface area contributed by atoms with Crippen molar-refractivity contribution in [3.05, 3.63) is 102 Å². The molecule has 4 aromatic carbocycles. The number of hydrogen-bond acceptors (Lipinski definition) is 6. The number of hydrogen-bond donors (Lipinski definition) is 2. The standard InChI is InChI=1S/C31H31FN4O4S/c1-41(39,40)28-20-25(32)11-12-27(28)35-13-15-36(16-14-35)31(38)30(21-7-3-2-4-8-21)34-29(37)19-24-17-22-9-5-6-10-23(22)18-26(24)33/h2-12,17-18,20,30H,13-16,19,33H2,1H3,(H,34,37). The topological polar surface area (TPSA) is 113 Å². The fourth-order valence-corrected chi connectivity index (χ4v) is 6.08. The van der Waals surface area contributed by atoms with Crippen LogP contribution in [-0.4, -0.2) is 57.6 Å². The number of benzene rings is 4. The van der Waals surface area contributed by atoms with Crippen molar-refractivity contribution in [3.63, 3.8) is 0 Å². The Labute approximate surface area is 238 Å². The minimum atomic E-state index is -3.66. The molecule has 0 bridgehead atoms. The normalized spacial score (nSPS) is 14.6. The van der Waals surface area contributed by atoms with E-state index >= 15 is 0 Å². The highest BCUT2D eigenvalue weighted by Gasteiger charge is 2.31. The minimum absolute atomic E-state index is 0.0138. The second-order valence-corrected chi connectivity index (χ2v) is 12.2. The van der Waals surface area contributed by atoms with Gasteiger partial charge in [0.05, 0.1) is 17.0 Å². The number of carbonyl (C=O) groups excluding carboxylic acids is 2. The third-order valence-electron chi connectivity index (χ3n) is 7.30. The molecule has 1 saturated heterocycles. The van der Waals surface area contributed by atoms with E-state index < -0.39 is 21.7 Å². The number of nitrogens with zero attached hydrogens (tertiary/aromatic N) is 2. The molecule has 10 heteroatoms. The van der Waals surface area contributed by atoms with Crippen molar-refractivity contribution in [1.29, 1.82) is 0 Å². The maximum atomic E-state index is 13.8. The molecule has 0 saturated carbocycles. The summed E-state index contributed by atoms with van der Waals surface area (Å²) in [5, 5.41) is 4.86. The van der Waals surface area contributed by atoms with E-state index in [1.165, 1.54) is 12.1 Å². The quantitative estimate of drug-likeness (QED) is 0.326. The number of anilines is 2. The number of amides is 2. The van der Waals surface area contributed by atoms with Gasteiger partial charge < -0.3 is 20.9 Å². The highest BCUT2D eigenvalue weighted by atomic mass is 32.2. The zero-order valence-electron chi connectivity index (χ0n) is 22.6. The lowest BCUT2D eigenvalue weighted by molar-refractivity contribution is -0.136. The molecule has 0 aromatic heterocycles. The zero-order valence-corrected chi connectivity index (χ0v) is 23.4. The van der Waals surface area contributed by atoms with Crippen LogP contribution in [0, 0.1) is 5.82 Å². The largest absolute Gasteiger partial charge is 0.398 e. The molecule has 4 aromatic rings. The van der Waals surface area contributed by atoms with Crippen molar-refractivity contribution >= 4 is 43.8 Å². The summed E-state index contributed by atoms with van der Waals surface area (Å²) in [6, 6.07) is 23.3. The van der Waals surface area contributed by atoms with E-state index in [0.29, 0.717) is 48.7 Å². The number of carbonyl (C=O) groups is 2. The molecule has 0 radical (unpaired) electrons. The van der Waals surface area contributed by atoms with Crippen molar-refractivity contribution in [1.82, 2.24) is 10.2 Å². The van der Waals surface area contributed by atoms with E-state index in [1.54, 1.807) is 17.0 Å². The maximum Gasteiger partial charge on any atom is 0.249 e. The Morgan fingerprint density at radius 3 is 2.20 bits per heavy atom. The van der Waals surface area contributed by atoms with E-state index in [4.69, 9.17) is 5.73 Å². The Balaban J connectivity index is 1.32. The summed E-state index contributed by atoms with van der Waals surface area (Å²) in [6.45, 7) is 1.30. The summed E-state index contributed by atoms with van der Waals surface area (Å²) in [5.74, 6) is -1.23. The molecular formula is C31H31FN4O4S. The number of piperazine rings is 1. The van der Waals surface area contributed by atoms with Crippen LogP contribution in [0.4, 0.5) is 15.8 Å². The number of fused-ring (bicyclic) bond motifs is 1. The van der Waals surface area contributed by atoms with Crippen LogP contribution in [0.3, 0.4) is 0 Å². The van der Waals surface area contributed by atoms with E-state index in [9.17, 15) is 22.4 Å². The molecule has 1 heterocycles. The van der Waals surface area contributed by atoms with Gasteiger partial charge in [0.2, 0.25) is 11.8 Å². The SMILES string of the molecule is CS(=O)(=O)c1cc(F)ccc1N1CCN(C(=O)C(NC(=O)Cc2cc3ccccc3cc2N)c2ccccc2)CC1. The Hall–Kier alpha value is -4.44. The first-order valence-electron chi connectivity index (χ1n) is 13.2. The predicted octanol–water partition coefficient (Wildman–Crippen LogP) is 3.71. The van der Waals surface area contributed by atoms with Crippen molar-refractivity contribution in [2.75, 3.05) is 43.1 Å². The summed E-state index contributed by atoms with van der Waals surface area (Å²) >= 11 is 0. The predicted molar refractivity (Wildman–Crippen MR) is 158 cm³/mol. The van der Waals surface area contributed by atoms with Gasteiger partial charge in [0, 0.05) is 38.1 Å². The van der Waals surface area contributed by atoms with Gasteiger partial charge in [-0.25, -0.2) is 12.8 Å². The third kappa shape index (κ3) is 6.33. The Bertz CT molecular complexity index is 1700. The van der Waals surface area contributed by atoms with Gasteiger partial charge in [-0.3, -0.25) is 9.59 Å². The van der Waals surface area contributed by atoms with Crippen LogP contribution in [0.5, 0.6) is 0 Å². The maximum absolute atomic E-state index is 13.8. The van der Waals surface area contributed by atoms with Crippen LogP contribution >= 0.6 is 0 Å². The van der Waals surface area contributed by atoms with E-state index in [-0.39, 0.29) is 23.1 Å². The van der Waals surface area contributed by atoms with Crippen LogP contribution in [0.1, 0.15) is 17.2 Å². The number of halogens is 1. The summed E-state index contributed by atoms with van der Waals surface area (Å²) in [7, 11) is -3.66. The van der Waals surface area contributed by atoms with Gasteiger partial charge in [-0.1, -0.05) is 54.6 Å². The highest BCUT2D eigenvalue weighted by Crippen LogP contribution is 2.28. The zero-order chi connectivity index (χ0) is 29.1. The van der Waals surface area contributed by atoms with Crippen LogP contribution in [0.25, 0.3) is 10.8 Å². The van der Waals surface area contributed by atoms with Gasteiger partial charge in [0.1, 0.15) is 11.9 Å². The number of nitrogen functional groups attached to an aromatic ring is 1. The third-order valence-corrected chi connectivity index (χ3v) is 8.42. The smallest absolute Gasteiger partial charge is 0.249 e. The summed E-state index contributed by atoms with van der Waals surface area (Å²) < 4.78 is 38.4. The molecule has 8 nitrogen and oxygen atoms in total. The van der Waals surface area contributed by atoms with Crippen LogP contribution in [-0.2, 0) is 25.8 Å². The van der Waals surface area contributed by atoms with Crippen LogP contribution < -0.4 is 16.0 Å². The number of sulfone groups is 1. The fraction of sp³-hybridized carbons (Fsp3) is 0.226. The second kappa shape index (κ2) is 11.6. The second-order valence-electron chi connectivity index (χ2n) is 10.2. The van der Waals surface area contributed by atoms with E-state index in [1.807, 2.05) is 59.5 Å². The fourth-order valence-electron chi connectivity index (χ4n) is 5.17. The molecule has 1 unspecified atom stereocenters. The highest BCUT2D eigenvalue weighted by molar-refractivity contribution is 7.90. The van der Waals surface area contributed by atoms with Crippen LogP contribution in [0.15, 0.2) is 89.8 Å². The number of nitrogens with one attached hydrogen (secondary N) is 1. The molecule has 3 N–H and O–H groups in total. The molecule has 1 aliphatic rings. The summed E-state index contributed by atoms with van der Waals surface area (Å²) in [5.41, 5.74) is 8.48. The molecule has 1 fully saturated rings. The Morgan fingerprint density at radius 2 is 1.54 bits per heavy atom. The first-order valence-corrected chi connectivity index (χ1v) is 15.1. The van der Waals surface area contributed by atoms with Crippen LogP contribution in [0.2, 0.25) is 0 Å². The molecule has 1 aliphatic heterocycles. The van der Waals surface area contributed by atoms with Gasteiger partial charge in [0.25, 0.3) is 0 Å². The van der Waals surface area contributed by atoms with E-state index in [0.717, 1.165) is 23.1 Å². The molecular weight excluding hydrogens is 543 g/mol. The number of nitrogens with two attached hydrogens (primary N) is 1. The average molecular weight is 575 g/mol. The first-order chi connectivity index (χ1) is 19.6. The van der Waals surface area contributed by atoms with Crippen molar-refractivity contribution < 1.29 is 22.4 Å². The summed E-state index contributed by atoms with van der Waals surface area (Å²) in [6.07, 6.45) is 1.06. The van der Waals surface area contributed by atoms with Crippen molar-refractivity contribution in [2.45, 2.75) is 17.4 Å². The lowest BCUT2D eigenvalue weighted by atomic mass is 10.0. The van der Waals surface area contributed by atoms with Crippen molar-refractivity contribution in [2.24, 2.45) is 0 Å². The monoisotopic (exact) mass is 574 g/mol. The van der Waals surface area contributed by atoms with Gasteiger partial charge in [-0.15, -0.1) is 0 Å². The average Bonchev–Trinajstić information content (AvgIpc) is 2.96. The van der Waals surface area contributed by atoms with Gasteiger partial charge in [-0.2, -0.15) is 0 Å². The molecule has 0 aliphatic carbocycles. The Kier molecular flexibility index (Phi) is 7.94. The molecule has 2 amide bonds.